The molecule has 0 saturated heterocycles. The fraction of sp³-hybridized carbons (Fsp3) is 0.167. The molecular weight excluding hydrogens is 331 g/mol. The third-order valence-electron chi connectivity index (χ3n) is 1.87. The average molecular weight is 342 g/mol. The van der Waals surface area contributed by atoms with E-state index in [2.05, 4.69) is 13.0 Å². The zero-order chi connectivity index (χ0) is 9.68. The van der Waals surface area contributed by atoms with E-state index in [1.165, 1.54) is 6.08 Å². The molecule has 0 N–H and O–H groups in total. The molecule has 0 unspecified atom stereocenters. The van der Waals surface area contributed by atoms with E-state index in [1.807, 2.05) is 31.2 Å². The molecule has 1 nitrogen and oxygen atoms in total. The van der Waals surface area contributed by atoms with Crippen molar-refractivity contribution >= 4 is 6.08 Å². The van der Waals surface area contributed by atoms with E-state index < -0.39 is 0 Å². The van der Waals surface area contributed by atoms with Crippen molar-refractivity contribution in [2.45, 2.75) is 13.3 Å². The van der Waals surface area contributed by atoms with Gasteiger partial charge in [0.05, 0.1) is 6.07 Å². The summed E-state index contributed by atoms with van der Waals surface area (Å²) in [6.45, 7) is 5.79. The van der Waals surface area contributed by atoms with E-state index in [0.29, 0.717) is 0 Å². The summed E-state index contributed by atoms with van der Waals surface area (Å²) in [5, 5.41) is 8.39. The number of benzene rings is 1. The van der Waals surface area contributed by atoms with Gasteiger partial charge in [-0.1, -0.05) is 13.0 Å². The van der Waals surface area contributed by atoms with Crippen molar-refractivity contribution in [1.82, 2.24) is 0 Å². The number of hydrogen-bond acceptors (Lipinski definition) is 1. The number of aryl methyl sites for hydroxylation is 1. The van der Waals surface area contributed by atoms with E-state index in [0.717, 1.165) is 23.1 Å². The summed E-state index contributed by atoms with van der Waals surface area (Å²) in [5.74, 6) is 0. The fourth-order valence-corrected chi connectivity index (χ4v) is 1.08. The van der Waals surface area contributed by atoms with Crippen molar-refractivity contribution < 1.29 is 46.9 Å². The van der Waals surface area contributed by atoms with Crippen LogP contribution < -0.4 is 0 Å². The molecule has 1 aromatic rings. The minimum absolute atomic E-state index is 0. The summed E-state index contributed by atoms with van der Waals surface area (Å²) in [6.07, 6.45) is 4.02. The van der Waals surface area contributed by atoms with Crippen molar-refractivity contribution in [2.75, 3.05) is 0 Å². The summed E-state index contributed by atoms with van der Waals surface area (Å²) >= 11 is 0. The molecule has 0 fully saturated rings. The van der Waals surface area contributed by atoms with Crippen LogP contribution in [0.25, 0.3) is 6.08 Å². The van der Waals surface area contributed by atoms with Gasteiger partial charge in [0.2, 0.25) is 0 Å². The Balaban J connectivity index is 0.00000169. The molecule has 1 aromatic carbocycles. The Bertz CT molecular complexity index is 361. The number of rotatable bonds is 2. The minimum Gasteiger partial charge on any atom is -0.341 e. The topological polar surface area (TPSA) is 23.8 Å². The van der Waals surface area contributed by atoms with Crippen molar-refractivity contribution in [1.29, 1.82) is 5.26 Å². The second-order valence-electron chi connectivity index (χ2n) is 2.81. The second kappa shape index (κ2) is 7.29. The van der Waals surface area contributed by atoms with Gasteiger partial charge in [0.15, 0.2) is 0 Å². The van der Waals surface area contributed by atoms with Gasteiger partial charge in [-0.3, -0.25) is 0 Å². The van der Waals surface area contributed by atoms with E-state index in [-0.39, 0.29) is 46.9 Å². The van der Waals surface area contributed by atoms with Crippen LogP contribution in [0.4, 0.5) is 0 Å². The van der Waals surface area contributed by atoms with Crippen LogP contribution in [0, 0.1) is 78.2 Å². The van der Waals surface area contributed by atoms with Crippen molar-refractivity contribution in [3.8, 4) is 6.07 Å². The molecular formula is C12H11NYb. The maximum absolute atomic E-state index is 8.39. The third kappa shape index (κ3) is 4.00. The van der Waals surface area contributed by atoms with Gasteiger partial charge in [0, 0.05) is 6.08 Å². The molecule has 0 heterocycles. The molecule has 14 heavy (non-hydrogen) atoms. The Hall–Kier alpha value is -0.0305. The van der Waals surface area contributed by atoms with Crippen LogP contribution in [0.1, 0.15) is 16.7 Å². The Morgan fingerprint density at radius 3 is 2.93 bits per heavy atom. The minimum atomic E-state index is 0. The van der Waals surface area contributed by atoms with Crippen LogP contribution in [0.2, 0.25) is 0 Å². The SMILES string of the molecule is [CH2-]Cc1[c-]cc(C)c(/C=C/C#N)c1.[Yb+2]. The number of allylic oxidation sites excluding steroid dienone is 1. The van der Waals surface area contributed by atoms with Crippen LogP contribution in [-0.2, 0) is 6.42 Å². The van der Waals surface area contributed by atoms with Crippen LogP contribution in [0.5, 0.6) is 0 Å². The predicted molar refractivity (Wildman–Crippen MR) is 53.7 cm³/mol. The Kier molecular flexibility index (Phi) is 7.27. The van der Waals surface area contributed by atoms with E-state index in [1.54, 1.807) is 0 Å². The fourth-order valence-electron chi connectivity index (χ4n) is 1.08. The smallest absolute Gasteiger partial charge is 0.341 e. The number of nitriles is 1. The van der Waals surface area contributed by atoms with E-state index >= 15 is 0 Å². The van der Waals surface area contributed by atoms with Crippen LogP contribution in [0.3, 0.4) is 0 Å². The average Bonchev–Trinajstić information content (AvgIpc) is 2.17. The molecule has 0 atom stereocenters. The van der Waals surface area contributed by atoms with Gasteiger partial charge >= 0.3 is 46.9 Å². The maximum atomic E-state index is 8.39. The normalized spacial score (nSPS) is 9.50. The molecule has 1 rings (SSSR count). The first-order valence-electron chi connectivity index (χ1n) is 4.14. The van der Waals surface area contributed by atoms with Gasteiger partial charge < -0.3 is 6.92 Å². The van der Waals surface area contributed by atoms with Crippen LogP contribution >= 0.6 is 0 Å². The quantitative estimate of drug-likeness (QED) is 0.599. The van der Waals surface area contributed by atoms with Gasteiger partial charge in [-0.25, -0.2) is 0 Å². The molecule has 0 aliphatic rings. The first-order chi connectivity index (χ1) is 6.27. The zero-order valence-electron chi connectivity index (χ0n) is 7.94. The molecule has 0 radical (unpaired) electrons. The standard InChI is InChI=1S/C12H11N.Yb/c1-3-11-7-6-10(2)12(9-11)5-4-8-13;/h4-6,9H,1,3H2,2H3;/q-2;+2/b5-4+;. The van der Waals surface area contributed by atoms with E-state index in [4.69, 9.17) is 5.26 Å². The largest absolute Gasteiger partial charge is 2.00 e. The van der Waals surface area contributed by atoms with Crippen molar-refractivity contribution in [2.24, 2.45) is 0 Å². The third-order valence-corrected chi connectivity index (χ3v) is 1.87. The van der Waals surface area contributed by atoms with Gasteiger partial charge in [-0.2, -0.15) is 41.0 Å². The van der Waals surface area contributed by atoms with Gasteiger partial charge in [-0.15, -0.1) is 5.56 Å². The first kappa shape index (κ1) is 14.0. The number of hydrogen-bond donors (Lipinski definition) is 0. The van der Waals surface area contributed by atoms with Gasteiger partial charge in [-0.05, 0) is 0 Å². The van der Waals surface area contributed by atoms with Crippen molar-refractivity contribution in [3.05, 3.63) is 47.9 Å². The zero-order valence-corrected chi connectivity index (χ0v) is 9.65. The summed E-state index contributed by atoms with van der Waals surface area (Å²) < 4.78 is 0. The number of nitrogens with zero attached hydrogens (tertiary/aromatic N) is 1. The molecule has 0 aliphatic heterocycles. The first-order valence-corrected chi connectivity index (χ1v) is 4.14. The van der Waals surface area contributed by atoms with Gasteiger partial charge in [0.1, 0.15) is 0 Å². The molecule has 2 heteroatoms. The van der Waals surface area contributed by atoms with Crippen LogP contribution in [0.15, 0.2) is 18.2 Å². The second-order valence-corrected chi connectivity index (χ2v) is 2.81. The molecule has 0 saturated carbocycles. The van der Waals surface area contributed by atoms with Crippen LogP contribution in [-0.4, -0.2) is 0 Å². The predicted octanol–water partition coefficient (Wildman–Crippen LogP) is 2.71. The van der Waals surface area contributed by atoms with Crippen molar-refractivity contribution in [3.63, 3.8) is 0 Å². The molecule has 0 amide bonds. The summed E-state index contributed by atoms with van der Waals surface area (Å²) in [4.78, 5) is 0. The summed E-state index contributed by atoms with van der Waals surface area (Å²) in [7, 11) is 0. The molecule has 0 spiro atoms. The Morgan fingerprint density at radius 2 is 2.36 bits per heavy atom. The molecule has 0 aromatic heterocycles. The summed E-state index contributed by atoms with van der Waals surface area (Å²) in [6, 6.07) is 9.04. The molecule has 0 aliphatic carbocycles. The molecule has 0 bridgehead atoms. The summed E-state index contributed by atoms with van der Waals surface area (Å²) in [5.41, 5.74) is 3.27. The maximum Gasteiger partial charge on any atom is 2.00 e. The Morgan fingerprint density at radius 1 is 1.64 bits per heavy atom. The van der Waals surface area contributed by atoms with E-state index in [9.17, 15) is 0 Å². The molecule has 78 valence electrons. The monoisotopic (exact) mass is 343 g/mol. The van der Waals surface area contributed by atoms with Gasteiger partial charge in [0.25, 0.3) is 0 Å². The Labute approximate surface area is 124 Å².